The molecule has 0 unspecified atom stereocenters. The summed E-state index contributed by atoms with van der Waals surface area (Å²) < 4.78 is 48.0. The molecule has 1 saturated heterocycles. The van der Waals surface area contributed by atoms with Gasteiger partial charge in [0.05, 0.1) is 13.3 Å². The summed E-state index contributed by atoms with van der Waals surface area (Å²) in [7, 11) is -1.12. The van der Waals surface area contributed by atoms with Gasteiger partial charge in [-0.1, -0.05) is 0 Å². The number of nitrogens with two attached hydrogens (primary N) is 1. The highest BCUT2D eigenvalue weighted by Crippen LogP contribution is 2.52. The fraction of sp³-hybridized carbons (Fsp3) is 0.480. The standard InChI is InChI=1S/C25H31FN6O4S/c1-24(19-12-17(6-8-20(19)26)29-22(33)21-9-7-18(36-3)13-28-21)25(37(34,35)31(2)23(27)30-24)10-11-32(15-25)14-16-4-5-16/h6-9,12-13,16H,4-5,10-11,14-15H2,1-3H3,(H2,27,30)(H,29,33)/t24-,25-/m1/s1. The van der Waals surface area contributed by atoms with Crippen molar-refractivity contribution in [3.05, 3.63) is 53.6 Å². The first-order valence-electron chi connectivity index (χ1n) is 12.2. The van der Waals surface area contributed by atoms with E-state index in [-0.39, 0.29) is 35.9 Å². The fourth-order valence-electron chi connectivity index (χ4n) is 5.44. The number of halogens is 1. The smallest absolute Gasteiger partial charge is 0.274 e. The molecule has 1 aromatic heterocycles. The van der Waals surface area contributed by atoms with Gasteiger partial charge < -0.3 is 20.7 Å². The molecule has 3 aliphatic rings. The summed E-state index contributed by atoms with van der Waals surface area (Å²) in [6.07, 6.45) is 3.98. The van der Waals surface area contributed by atoms with Gasteiger partial charge in [-0.15, -0.1) is 0 Å². The van der Waals surface area contributed by atoms with E-state index in [0.717, 1.165) is 23.7 Å². The fourth-order valence-corrected chi connectivity index (χ4v) is 7.60. The SMILES string of the molecule is COc1ccc(C(=O)Nc2ccc(F)c([C@@]3(C)N=C(N)N(C)S(=O)(=O)[C@@]34CCN(CC3CC3)C4)c2)nc1. The van der Waals surface area contributed by atoms with Crippen molar-refractivity contribution in [3.63, 3.8) is 0 Å². The number of amides is 1. The molecule has 2 aromatic rings. The Balaban J connectivity index is 1.54. The van der Waals surface area contributed by atoms with E-state index in [0.29, 0.717) is 18.2 Å². The number of carbonyl (C=O) groups is 1. The van der Waals surface area contributed by atoms with Crippen LogP contribution in [0, 0.1) is 11.7 Å². The zero-order chi connectivity index (χ0) is 26.6. The molecule has 2 aliphatic heterocycles. The first kappa shape index (κ1) is 25.4. The summed E-state index contributed by atoms with van der Waals surface area (Å²) in [6, 6.07) is 7.19. The molecular formula is C25H31FN6O4S. The van der Waals surface area contributed by atoms with Crippen LogP contribution in [0.1, 0.15) is 42.2 Å². The van der Waals surface area contributed by atoms with Gasteiger partial charge in [0.1, 0.15) is 27.5 Å². The number of rotatable bonds is 6. The second-order valence-corrected chi connectivity index (χ2v) is 12.4. The van der Waals surface area contributed by atoms with Crippen LogP contribution in [0.4, 0.5) is 10.1 Å². The number of carbonyl (C=O) groups excluding carboxylic acids is 1. The maximum Gasteiger partial charge on any atom is 0.274 e. The van der Waals surface area contributed by atoms with Crippen molar-refractivity contribution >= 4 is 27.6 Å². The molecular weight excluding hydrogens is 499 g/mol. The molecule has 1 aromatic carbocycles. The van der Waals surface area contributed by atoms with Crippen molar-refractivity contribution in [1.29, 1.82) is 0 Å². The summed E-state index contributed by atoms with van der Waals surface area (Å²) >= 11 is 0. The van der Waals surface area contributed by atoms with E-state index in [1.165, 1.54) is 44.6 Å². The minimum Gasteiger partial charge on any atom is -0.495 e. The van der Waals surface area contributed by atoms with Gasteiger partial charge in [0.25, 0.3) is 5.91 Å². The predicted molar refractivity (Wildman–Crippen MR) is 137 cm³/mol. The van der Waals surface area contributed by atoms with Crippen molar-refractivity contribution in [2.24, 2.45) is 16.6 Å². The third-order valence-corrected chi connectivity index (χ3v) is 10.5. The van der Waals surface area contributed by atoms with Crippen molar-refractivity contribution in [2.45, 2.75) is 36.5 Å². The Morgan fingerprint density at radius 1 is 1.30 bits per heavy atom. The van der Waals surface area contributed by atoms with Crippen LogP contribution in [-0.4, -0.2) is 73.0 Å². The molecule has 2 fully saturated rings. The molecule has 1 saturated carbocycles. The lowest BCUT2D eigenvalue weighted by atomic mass is 9.78. The van der Waals surface area contributed by atoms with E-state index >= 15 is 4.39 Å². The largest absolute Gasteiger partial charge is 0.495 e. The van der Waals surface area contributed by atoms with Crippen molar-refractivity contribution in [1.82, 2.24) is 14.2 Å². The third kappa shape index (κ3) is 4.11. The number of sulfonamides is 1. The number of hydrogen-bond acceptors (Lipinski definition) is 8. The van der Waals surface area contributed by atoms with Crippen LogP contribution in [0.15, 0.2) is 41.5 Å². The maximum atomic E-state index is 15.5. The van der Waals surface area contributed by atoms with Crippen LogP contribution in [-0.2, 0) is 15.6 Å². The first-order valence-corrected chi connectivity index (χ1v) is 13.6. The van der Waals surface area contributed by atoms with Gasteiger partial charge in [0, 0.05) is 31.4 Å². The molecule has 12 heteroatoms. The second-order valence-electron chi connectivity index (χ2n) is 10.2. The third-order valence-electron chi connectivity index (χ3n) is 7.88. The highest BCUT2D eigenvalue weighted by molar-refractivity contribution is 7.91. The number of aromatic nitrogens is 1. The molecule has 3 heterocycles. The number of guanidine groups is 1. The minimum atomic E-state index is -4.00. The van der Waals surface area contributed by atoms with Crippen LogP contribution in [0.2, 0.25) is 0 Å². The molecule has 37 heavy (non-hydrogen) atoms. The van der Waals surface area contributed by atoms with Crippen molar-refractivity contribution in [2.75, 3.05) is 39.1 Å². The van der Waals surface area contributed by atoms with E-state index in [1.54, 1.807) is 13.0 Å². The molecule has 0 radical (unpaired) electrons. The number of likely N-dealkylation sites (tertiary alicyclic amines) is 1. The number of nitrogens with zero attached hydrogens (tertiary/aromatic N) is 4. The van der Waals surface area contributed by atoms with Gasteiger partial charge in [-0.2, -0.15) is 0 Å². The molecule has 1 spiro atoms. The maximum absolute atomic E-state index is 15.5. The van der Waals surface area contributed by atoms with Crippen LogP contribution in [0.3, 0.4) is 0 Å². The Bertz CT molecular complexity index is 1360. The van der Waals surface area contributed by atoms with Gasteiger partial charge in [-0.05, 0) is 69.0 Å². The second kappa shape index (κ2) is 8.95. The highest BCUT2D eigenvalue weighted by atomic mass is 32.2. The Hall–Kier alpha value is -3.25. The number of aliphatic imine (C=N–C) groups is 1. The Morgan fingerprint density at radius 3 is 2.70 bits per heavy atom. The van der Waals surface area contributed by atoms with Crippen LogP contribution < -0.4 is 15.8 Å². The zero-order valence-corrected chi connectivity index (χ0v) is 21.9. The van der Waals surface area contributed by atoms with E-state index in [2.05, 4.69) is 20.2 Å². The van der Waals surface area contributed by atoms with Crippen LogP contribution >= 0.6 is 0 Å². The van der Waals surface area contributed by atoms with E-state index in [4.69, 9.17) is 10.5 Å². The Kier molecular flexibility index (Phi) is 6.14. The quantitative estimate of drug-likeness (QED) is 0.585. The lowest BCUT2D eigenvalue weighted by Gasteiger charge is -2.48. The first-order chi connectivity index (χ1) is 17.5. The lowest BCUT2D eigenvalue weighted by molar-refractivity contribution is 0.102. The summed E-state index contributed by atoms with van der Waals surface area (Å²) in [6.45, 7) is 3.22. The minimum absolute atomic E-state index is 0.0564. The van der Waals surface area contributed by atoms with E-state index < -0.39 is 32.0 Å². The van der Waals surface area contributed by atoms with Gasteiger partial charge in [-0.3, -0.25) is 4.79 Å². The number of hydrogen-bond donors (Lipinski definition) is 2. The van der Waals surface area contributed by atoms with Crippen LogP contribution in [0.25, 0.3) is 0 Å². The molecule has 3 N–H and O–H groups in total. The monoisotopic (exact) mass is 530 g/mol. The molecule has 1 amide bonds. The number of anilines is 1. The molecule has 1 aliphatic carbocycles. The van der Waals surface area contributed by atoms with Crippen molar-refractivity contribution in [3.8, 4) is 5.75 Å². The molecule has 5 rings (SSSR count). The predicted octanol–water partition coefficient (Wildman–Crippen LogP) is 2.14. The number of nitrogens with one attached hydrogen (secondary N) is 1. The summed E-state index contributed by atoms with van der Waals surface area (Å²) in [5.74, 6) is -0.258. The summed E-state index contributed by atoms with van der Waals surface area (Å²) in [5.41, 5.74) is 5.05. The molecule has 2 atom stereocenters. The molecule has 0 bridgehead atoms. The molecule has 198 valence electrons. The van der Waals surface area contributed by atoms with Gasteiger partial charge in [0.2, 0.25) is 16.0 Å². The summed E-state index contributed by atoms with van der Waals surface area (Å²) in [5, 5.41) is 2.72. The van der Waals surface area contributed by atoms with E-state index in [9.17, 15) is 13.2 Å². The highest BCUT2D eigenvalue weighted by Gasteiger charge is 2.66. The Morgan fingerprint density at radius 2 is 2.05 bits per heavy atom. The average Bonchev–Trinajstić information content (AvgIpc) is 3.58. The van der Waals surface area contributed by atoms with Crippen LogP contribution in [0.5, 0.6) is 5.75 Å². The van der Waals surface area contributed by atoms with Gasteiger partial charge in [0.15, 0.2) is 0 Å². The van der Waals surface area contributed by atoms with Gasteiger partial charge in [-0.25, -0.2) is 27.1 Å². The number of benzene rings is 1. The summed E-state index contributed by atoms with van der Waals surface area (Å²) in [4.78, 5) is 23.6. The lowest BCUT2D eigenvalue weighted by Crippen LogP contribution is -2.66. The average molecular weight is 531 g/mol. The van der Waals surface area contributed by atoms with E-state index in [1.807, 2.05) is 0 Å². The Labute approximate surface area is 215 Å². The number of ether oxygens (including phenoxy) is 1. The van der Waals surface area contributed by atoms with Gasteiger partial charge >= 0.3 is 0 Å². The van der Waals surface area contributed by atoms with Crippen molar-refractivity contribution < 1.29 is 22.3 Å². The number of pyridine rings is 1. The normalized spacial score (nSPS) is 27.2. The number of methoxy groups -OCH3 is 1. The topological polar surface area (TPSA) is 130 Å². The zero-order valence-electron chi connectivity index (χ0n) is 21.1. The molecule has 10 nitrogen and oxygen atoms in total.